The molecule has 2 rings (SSSR count). The molecule has 1 N–H and O–H groups in total. The Kier molecular flexibility index (Phi) is 4.33. The van der Waals surface area contributed by atoms with Crippen LogP contribution < -0.4 is 10.2 Å². The van der Waals surface area contributed by atoms with Crippen LogP contribution in [0.5, 0.6) is 0 Å². The molecule has 0 aromatic carbocycles. The first-order chi connectivity index (χ1) is 8.66. The van der Waals surface area contributed by atoms with Gasteiger partial charge in [-0.2, -0.15) is 0 Å². The van der Waals surface area contributed by atoms with Crippen LogP contribution in [0.15, 0.2) is 27.7 Å². The van der Waals surface area contributed by atoms with Gasteiger partial charge in [0, 0.05) is 28.9 Å². The molecular weight excluding hydrogens is 268 g/mol. The summed E-state index contributed by atoms with van der Waals surface area (Å²) < 4.78 is 1.63. The van der Waals surface area contributed by atoms with Crippen molar-refractivity contribution < 1.29 is 4.79 Å². The van der Waals surface area contributed by atoms with Crippen molar-refractivity contribution in [2.45, 2.75) is 26.4 Å². The van der Waals surface area contributed by atoms with Crippen molar-refractivity contribution in [2.24, 2.45) is 0 Å². The standard InChI is InChI=1S/C12H14N2O2S2/c1-9-8-18-12(16)14(9)5-4-11(15)13-7-10-3-2-6-17-10/h2-3,6,8H,4-5,7H2,1H3,(H,13,15). The molecular formula is C12H14N2O2S2. The highest BCUT2D eigenvalue weighted by molar-refractivity contribution is 7.09. The number of nitrogens with zero attached hydrogens (tertiary/aromatic N) is 1. The fourth-order valence-corrected chi connectivity index (χ4v) is 2.98. The van der Waals surface area contributed by atoms with Crippen molar-refractivity contribution in [1.29, 1.82) is 0 Å². The van der Waals surface area contributed by atoms with E-state index in [0.29, 0.717) is 19.5 Å². The minimum atomic E-state index is -0.0269. The van der Waals surface area contributed by atoms with Crippen molar-refractivity contribution in [3.05, 3.63) is 43.1 Å². The van der Waals surface area contributed by atoms with Gasteiger partial charge in [-0.3, -0.25) is 9.59 Å². The van der Waals surface area contributed by atoms with Gasteiger partial charge in [0.2, 0.25) is 5.91 Å². The quantitative estimate of drug-likeness (QED) is 0.911. The molecule has 2 heterocycles. The van der Waals surface area contributed by atoms with Crippen LogP contribution in [0.2, 0.25) is 0 Å². The average molecular weight is 282 g/mol. The van der Waals surface area contributed by atoms with Gasteiger partial charge in [-0.15, -0.1) is 11.3 Å². The zero-order chi connectivity index (χ0) is 13.0. The molecule has 6 heteroatoms. The summed E-state index contributed by atoms with van der Waals surface area (Å²) >= 11 is 2.79. The third-order valence-electron chi connectivity index (χ3n) is 2.58. The van der Waals surface area contributed by atoms with Crippen molar-refractivity contribution in [1.82, 2.24) is 9.88 Å². The van der Waals surface area contributed by atoms with E-state index in [1.54, 1.807) is 15.9 Å². The lowest BCUT2D eigenvalue weighted by molar-refractivity contribution is -0.121. The Morgan fingerprint density at radius 3 is 2.89 bits per heavy atom. The van der Waals surface area contributed by atoms with Gasteiger partial charge < -0.3 is 9.88 Å². The van der Waals surface area contributed by atoms with Gasteiger partial charge in [0.25, 0.3) is 0 Å². The molecule has 1 amide bonds. The molecule has 0 aliphatic heterocycles. The Morgan fingerprint density at radius 2 is 2.28 bits per heavy atom. The maximum atomic E-state index is 11.6. The van der Waals surface area contributed by atoms with Crippen LogP contribution >= 0.6 is 22.7 Å². The first-order valence-corrected chi connectivity index (χ1v) is 7.37. The predicted octanol–water partition coefficient (Wildman–Crippen LogP) is 1.99. The van der Waals surface area contributed by atoms with E-state index in [1.165, 1.54) is 11.3 Å². The molecule has 0 unspecified atom stereocenters. The number of aryl methyl sites for hydroxylation is 1. The second-order valence-electron chi connectivity index (χ2n) is 3.90. The van der Waals surface area contributed by atoms with Crippen LogP contribution in [0.25, 0.3) is 0 Å². The summed E-state index contributed by atoms with van der Waals surface area (Å²) in [5.74, 6) is -0.0269. The van der Waals surface area contributed by atoms with Crippen molar-refractivity contribution in [3.63, 3.8) is 0 Å². The van der Waals surface area contributed by atoms with Crippen molar-refractivity contribution >= 4 is 28.6 Å². The number of nitrogens with one attached hydrogen (secondary N) is 1. The number of amides is 1. The maximum Gasteiger partial charge on any atom is 0.307 e. The van der Waals surface area contributed by atoms with Gasteiger partial charge >= 0.3 is 4.87 Å². The van der Waals surface area contributed by atoms with Crippen LogP contribution in [-0.4, -0.2) is 10.5 Å². The summed E-state index contributed by atoms with van der Waals surface area (Å²) in [6, 6.07) is 3.94. The first kappa shape index (κ1) is 13.0. The molecule has 0 saturated carbocycles. The van der Waals surface area contributed by atoms with Gasteiger partial charge in [0.15, 0.2) is 0 Å². The van der Waals surface area contributed by atoms with E-state index >= 15 is 0 Å². The van der Waals surface area contributed by atoms with Crippen molar-refractivity contribution in [3.8, 4) is 0 Å². The maximum absolute atomic E-state index is 11.6. The number of hydrogen-bond acceptors (Lipinski definition) is 4. The van der Waals surface area contributed by atoms with E-state index in [4.69, 9.17) is 0 Å². The average Bonchev–Trinajstić information content (AvgIpc) is 2.96. The van der Waals surface area contributed by atoms with Crippen molar-refractivity contribution in [2.75, 3.05) is 0 Å². The molecule has 0 saturated heterocycles. The molecule has 0 spiro atoms. The molecule has 0 fully saturated rings. The van der Waals surface area contributed by atoms with E-state index in [0.717, 1.165) is 10.6 Å². The summed E-state index contributed by atoms with van der Waals surface area (Å²) in [4.78, 5) is 24.2. The summed E-state index contributed by atoms with van der Waals surface area (Å²) in [6.07, 6.45) is 0.336. The minimum Gasteiger partial charge on any atom is -0.351 e. The number of hydrogen-bond donors (Lipinski definition) is 1. The Labute approximate surface area is 113 Å². The largest absolute Gasteiger partial charge is 0.351 e. The summed E-state index contributed by atoms with van der Waals surface area (Å²) in [6.45, 7) is 2.89. The Morgan fingerprint density at radius 1 is 1.44 bits per heavy atom. The third-order valence-corrected chi connectivity index (χ3v) is 4.34. The third kappa shape index (κ3) is 3.30. The summed E-state index contributed by atoms with van der Waals surface area (Å²) in [5, 5.41) is 6.64. The van der Waals surface area contributed by atoms with Gasteiger partial charge in [-0.1, -0.05) is 17.4 Å². The topological polar surface area (TPSA) is 51.1 Å². The molecule has 0 aliphatic carbocycles. The summed E-state index contributed by atoms with van der Waals surface area (Å²) in [7, 11) is 0. The zero-order valence-corrected chi connectivity index (χ0v) is 11.6. The van der Waals surface area contributed by atoms with Crippen LogP contribution in [0, 0.1) is 6.92 Å². The van der Waals surface area contributed by atoms with E-state index < -0.39 is 0 Å². The molecule has 0 radical (unpaired) electrons. The molecule has 2 aromatic heterocycles. The number of carbonyl (C=O) groups is 1. The number of aromatic nitrogens is 1. The highest BCUT2D eigenvalue weighted by Gasteiger charge is 2.06. The lowest BCUT2D eigenvalue weighted by atomic mass is 10.3. The van der Waals surface area contributed by atoms with Crippen LogP contribution in [0.4, 0.5) is 0 Å². The Hall–Kier alpha value is -1.40. The number of rotatable bonds is 5. The molecule has 0 aliphatic rings. The van der Waals surface area contributed by atoms with E-state index in [-0.39, 0.29) is 10.8 Å². The monoisotopic (exact) mass is 282 g/mol. The zero-order valence-electron chi connectivity index (χ0n) is 10.0. The lowest BCUT2D eigenvalue weighted by Crippen LogP contribution is -2.25. The summed E-state index contributed by atoms with van der Waals surface area (Å²) in [5.41, 5.74) is 0.913. The smallest absolute Gasteiger partial charge is 0.307 e. The van der Waals surface area contributed by atoms with Crippen LogP contribution in [0.3, 0.4) is 0 Å². The van der Waals surface area contributed by atoms with Gasteiger partial charge in [-0.25, -0.2) is 0 Å². The number of thiazole rings is 1. The van der Waals surface area contributed by atoms with E-state index in [2.05, 4.69) is 5.32 Å². The Bertz CT molecular complexity index is 569. The minimum absolute atomic E-state index is 0.00134. The van der Waals surface area contributed by atoms with Gasteiger partial charge in [-0.05, 0) is 18.4 Å². The first-order valence-electron chi connectivity index (χ1n) is 5.61. The van der Waals surface area contributed by atoms with Crippen LogP contribution in [-0.2, 0) is 17.9 Å². The fourth-order valence-electron chi connectivity index (χ4n) is 1.58. The highest BCUT2D eigenvalue weighted by atomic mass is 32.1. The van der Waals surface area contributed by atoms with E-state index in [1.807, 2.05) is 29.8 Å². The molecule has 2 aromatic rings. The Balaban J connectivity index is 1.80. The lowest BCUT2D eigenvalue weighted by Gasteiger charge is -2.05. The SMILES string of the molecule is Cc1csc(=O)n1CCC(=O)NCc1cccs1. The normalized spacial score (nSPS) is 10.5. The number of carbonyl (C=O) groups excluding carboxylic acids is 1. The predicted molar refractivity (Wildman–Crippen MR) is 74.1 cm³/mol. The molecule has 96 valence electrons. The molecule has 0 bridgehead atoms. The number of thiophene rings is 1. The van der Waals surface area contributed by atoms with Gasteiger partial charge in [0.05, 0.1) is 6.54 Å². The fraction of sp³-hybridized carbons (Fsp3) is 0.333. The molecule has 0 atom stereocenters. The van der Waals surface area contributed by atoms with Gasteiger partial charge in [0.1, 0.15) is 0 Å². The van der Waals surface area contributed by atoms with Crippen LogP contribution in [0.1, 0.15) is 17.0 Å². The molecule has 18 heavy (non-hydrogen) atoms. The highest BCUT2D eigenvalue weighted by Crippen LogP contribution is 2.07. The second kappa shape index (κ2) is 5.97. The second-order valence-corrected chi connectivity index (χ2v) is 5.75. The molecule has 4 nitrogen and oxygen atoms in total. The van der Waals surface area contributed by atoms with E-state index in [9.17, 15) is 9.59 Å².